The highest BCUT2D eigenvalue weighted by Gasteiger charge is 2.19. The third kappa shape index (κ3) is 4.52. The average molecular weight is 264 g/mol. The Bertz CT molecular complexity index is 443. The summed E-state index contributed by atoms with van der Waals surface area (Å²) < 4.78 is 0. The molecule has 1 unspecified atom stereocenters. The number of aromatic nitrogens is 1. The summed E-state index contributed by atoms with van der Waals surface area (Å²) in [6, 6.07) is 1.77. The number of pyridine rings is 1. The van der Waals surface area contributed by atoms with Crippen molar-refractivity contribution in [1.29, 1.82) is 0 Å². The van der Waals surface area contributed by atoms with E-state index in [9.17, 15) is 4.79 Å². The van der Waals surface area contributed by atoms with Crippen LogP contribution in [0.1, 0.15) is 29.9 Å². The maximum Gasteiger partial charge on any atom is 0.253 e. The van der Waals surface area contributed by atoms with Gasteiger partial charge in [-0.3, -0.25) is 9.78 Å². The van der Waals surface area contributed by atoms with Gasteiger partial charge < -0.3 is 16.0 Å². The lowest BCUT2D eigenvalue weighted by atomic mass is 10.0. The maximum absolute atomic E-state index is 12.3. The van der Waals surface area contributed by atoms with Crippen LogP contribution in [0.2, 0.25) is 0 Å². The molecule has 0 spiro atoms. The number of amides is 1. The zero-order valence-electron chi connectivity index (χ0n) is 12.4. The molecule has 1 rings (SSSR count). The topological polar surface area (TPSA) is 71.2 Å². The predicted octanol–water partition coefficient (Wildman–Crippen LogP) is 1.29. The van der Waals surface area contributed by atoms with Gasteiger partial charge in [-0.25, -0.2) is 0 Å². The highest BCUT2D eigenvalue weighted by Crippen LogP contribution is 2.11. The third-order valence-electron chi connectivity index (χ3n) is 3.04. The lowest BCUT2D eigenvalue weighted by molar-refractivity contribution is 0.0915. The van der Waals surface area contributed by atoms with Gasteiger partial charge in [0.15, 0.2) is 0 Å². The Hall–Kier alpha value is -1.62. The van der Waals surface area contributed by atoms with Crippen molar-refractivity contribution in [1.82, 2.24) is 15.2 Å². The number of hydrogen-bond acceptors (Lipinski definition) is 4. The van der Waals surface area contributed by atoms with E-state index in [1.807, 2.05) is 21.0 Å². The summed E-state index contributed by atoms with van der Waals surface area (Å²) in [7, 11) is 3.99. The highest BCUT2D eigenvalue weighted by atomic mass is 16.1. The van der Waals surface area contributed by atoms with Crippen molar-refractivity contribution in [3.63, 3.8) is 0 Å². The molecule has 1 aromatic heterocycles. The SMILES string of the molecule is Cc1ncc(N)cc1C(=O)NC(CN(C)C)C(C)C. The van der Waals surface area contributed by atoms with Crippen LogP contribution < -0.4 is 11.1 Å². The van der Waals surface area contributed by atoms with E-state index in [4.69, 9.17) is 5.73 Å². The van der Waals surface area contributed by atoms with Crippen LogP contribution in [0.15, 0.2) is 12.3 Å². The molecule has 0 aromatic carbocycles. The van der Waals surface area contributed by atoms with Gasteiger partial charge in [-0.05, 0) is 33.0 Å². The van der Waals surface area contributed by atoms with Crippen molar-refractivity contribution in [3.05, 3.63) is 23.5 Å². The number of anilines is 1. The first kappa shape index (κ1) is 15.4. The number of nitrogen functional groups attached to an aromatic ring is 1. The molecule has 0 fully saturated rings. The van der Waals surface area contributed by atoms with E-state index in [-0.39, 0.29) is 11.9 Å². The number of likely N-dealkylation sites (N-methyl/N-ethyl adjacent to an activating group) is 1. The fraction of sp³-hybridized carbons (Fsp3) is 0.571. The fourth-order valence-corrected chi connectivity index (χ4v) is 1.84. The molecular formula is C14H24N4O. The lowest BCUT2D eigenvalue weighted by Crippen LogP contribution is -2.45. The van der Waals surface area contributed by atoms with E-state index >= 15 is 0 Å². The van der Waals surface area contributed by atoms with Crippen LogP contribution in [0.4, 0.5) is 5.69 Å². The second-order valence-corrected chi connectivity index (χ2v) is 5.49. The number of nitrogens with two attached hydrogens (primary N) is 1. The minimum absolute atomic E-state index is 0.100. The van der Waals surface area contributed by atoms with Crippen LogP contribution in [0.3, 0.4) is 0 Å². The molecule has 106 valence electrons. The highest BCUT2D eigenvalue weighted by molar-refractivity contribution is 5.96. The molecule has 0 aliphatic heterocycles. The van der Waals surface area contributed by atoms with Gasteiger partial charge in [0.05, 0.1) is 23.1 Å². The molecule has 0 aliphatic rings. The van der Waals surface area contributed by atoms with Gasteiger partial charge in [-0.2, -0.15) is 0 Å². The molecule has 0 bridgehead atoms. The summed E-state index contributed by atoms with van der Waals surface area (Å²) in [5, 5.41) is 3.06. The first-order chi connectivity index (χ1) is 8.81. The van der Waals surface area contributed by atoms with Gasteiger partial charge in [0, 0.05) is 12.6 Å². The number of carbonyl (C=O) groups is 1. The smallest absolute Gasteiger partial charge is 0.253 e. The zero-order valence-corrected chi connectivity index (χ0v) is 12.4. The van der Waals surface area contributed by atoms with Crippen LogP contribution in [-0.2, 0) is 0 Å². The van der Waals surface area contributed by atoms with E-state index < -0.39 is 0 Å². The molecule has 5 nitrogen and oxygen atoms in total. The van der Waals surface area contributed by atoms with E-state index in [1.54, 1.807) is 12.3 Å². The van der Waals surface area contributed by atoms with Crippen molar-refractivity contribution in [2.45, 2.75) is 26.8 Å². The minimum atomic E-state index is -0.113. The fourth-order valence-electron chi connectivity index (χ4n) is 1.84. The number of nitrogens with zero attached hydrogens (tertiary/aromatic N) is 2. The molecule has 0 saturated carbocycles. The van der Waals surface area contributed by atoms with Crippen molar-refractivity contribution < 1.29 is 4.79 Å². The molecule has 0 radical (unpaired) electrons. The van der Waals surface area contributed by atoms with Gasteiger partial charge >= 0.3 is 0 Å². The van der Waals surface area contributed by atoms with Crippen LogP contribution in [-0.4, -0.2) is 42.5 Å². The van der Waals surface area contributed by atoms with Crippen molar-refractivity contribution in [3.8, 4) is 0 Å². The Morgan fingerprint density at radius 2 is 2.11 bits per heavy atom. The first-order valence-corrected chi connectivity index (χ1v) is 6.49. The molecule has 3 N–H and O–H groups in total. The van der Waals surface area contributed by atoms with Gasteiger partial charge in [0.1, 0.15) is 0 Å². The van der Waals surface area contributed by atoms with Gasteiger partial charge in [0.2, 0.25) is 0 Å². The Kier molecular flexibility index (Phi) is 5.30. The summed E-state index contributed by atoms with van der Waals surface area (Å²) in [6.07, 6.45) is 1.56. The molecule has 1 aromatic rings. The number of aryl methyl sites for hydroxylation is 1. The molecule has 1 amide bonds. The quantitative estimate of drug-likeness (QED) is 0.840. The standard InChI is InChI=1S/C14H24N4O/c1-9(2)13(8-18(4)5)17-14(19)12-6-11(15)7-16-10(12)3/h6-7,9,13H,8,15H2,1-5H3,(H,17,19). The Morgan fingerprint density at radius 3 is 2.63 bits per heavy atom. The number of hydrogen-bond donors (Lipinski definition) is 2. The Labute approximate surface area is 115 Å². The van der Waals surface area contributed by atoms with E-state index in [0.717, 1.165) is 6.54 Å². The average Bonchev–Trinajstić information content (AvgIpc) is 2.30. The molecule has 0 aliphatic carbocycles. The predicted molar refractivity (Wildman–Crippen MR) is 78.0 cm³/mol. The van der Waals surface area contributed by atoms with Crippen LogP contribution in [0.5, 0.6) is 0 Å². The molecule has 19 heavy (non-hydrogen) atoms. The first-order valence-electron chi connectivity index (χ1n) is 6.49. The number of nitrogens with one attached hydrogen (secondary N) is 1. The third-order valence-corrected chi connectivity index (χ3v) is 3.04. The largest absolute Gasteiger partial charge is 0.397 e. The maximum atomic E-state index is 12.3. The summed E-state index contributed by atoms with van der Waals surface area (Å²) in [4.78, 5) is 18.5. The van der Waals surface area contributed by atoms with E-state index in [0.29, 0.717) is 22.9 Å². The second kappa shape index (κ2) is 6.52. The summed E-state index contributed by atoms with van der Waals surface area (Å²) >= 11 is 0. The molecule has 5 heteroatoms. The zero-order chi connectivity index (χ0) is 14.6. The van der Waals surface area contributed by atoms with Crippen LogP contribution in [0.25, 0.3) is 0 Å². The van der Waals surface area contributed by atoms with Crippen molar-refractivity contribution in [2.75, 3.05) is 26.4 Å². The second-order valence-electron chi connectivity index (χ2n) is 5.49. The number of carbonyl (C=O) groups excluding carboxylic acids is 1. The number of rotatable bonds is 5. The van der Waals surface area contributed by atoms with Gasteiger partial charge in [-0.15, -0.1) is 0 Å². The monoisotopic (exact) mass is 264 g/mol. The van der Waals surface area contributed by atoms with Crippen molar-refractivity contribution >= 4 is 11.6 Å². The summed E-state index contributed by atoms with van der Waals surface area (Å²) in [6.45, 7) is 6.81. The van der Waals surface area contributed by atoms with E-state index in [2.05, 4.69) is 29.0 Å². The van der Waals surface area contributed by atoms with E-state index in [1.165, 1.54) is 0 Å². The lowest BCUT2D eigenvalue weighted by Gasteiger charge is -2.25. The van der Waals surface area contributed by atoms with Gasteiger partial charge in [0.25, 0.3) is 5.91 Å². The van der Waals surface area contributed by atoms with Gasteiger partial charge in [-0.1, -0.05) is 13.8 Å². The summed E-state index contributed by atoms with van der Waals surface area (Å²) in [5.41, 5.74) is 7.43. The normalized spacial score (nSPS) is 12.8. The van der Waals surface area contributed by atoms with Crippen LogP contribution >= 0.6 is 0 Å². The Morgan fingerprint density at radius 1 is 1.47 bits per heavy atom. The Balaban J connectivity index is 2.84. The van der Waals surface area contributed by atoms with Crippen molar-refractivity contribution in [2.24, 2.45) is 5.92 Å². The molecular weight excluding hydrogens is 240 g/mol. The molecule has 0 saturated heterocycles. The molecule has 1 atom stereocenters. The van der Waals surface area contributed by atoms with Crippen LogP contribution in [0, 0.1) is 12.8 Å². The molecule has 1 heterocycles. The minimum Gasteiger partial charge on any atom is -0.397 e. The summed E-state index contributed by atoms with van der Waals surface area (Å²) in [5.74, 6) is 0.249.